The minimum atomic E-state index is -5.08. The van der Waals surface area contributed by atoms with Gasteiger partial charge in [0.15, 0.2) is 0 Å². The van der Waals surface area contributed by atoms with E-state index in [4.69, 9.17) is 5.84 Å². The Morgan fingerprint density at radius 2 is 1.52 bits per heavy atom. The van der Waals surface area contributed by atoms with Gasteiger partial charge in [-0.3, -0.25) is 10.2 Å². The maximum Gasteiger partial charge on any atom is 0.417 e. The van der Waals surface area contributed by atoms with Crippen LogP contribution in [0.25, 0.3) is 10.9 Å². The van der Waals surface area contributed by atoms with E-state index in [0.29, 0.717) is 12.1 Å². The molecule has 0 saturated heterocycles. The molecule has 0 spiro atoms. The van der Waals surface area contributed by atoms with Gasteiger partial charge in [0.2, 0.25) is 0 Å². The second kappa shape index (κ2) is 7.57. The first-order valence-electron chi connectivity index (χ1n) is 7.52. The first-order valence-corrected chi connectivity index (χ1v) is 7.52. The maximum absolute atomic E-state index is 13.4. The SMILES string of the molecule is NNC(=O)c1cc(C(F)(F)F)c2cc(N(CC(F)(F)F)CC(F)(F)F)ccc2n1. The number of pyridine rings is 1. The lowest BCUT2D eigenvalue weighted by Crippen LogP contribution is -2.40. The number of nitrogens with two attached hydrogens (primary N) is 1. The van der Waals surface area contributed by atoms with E-state index in [0.717, 1.165) is 12.1 Å². The molecule has 0 atom stereocenters. The molecule has 1 heterocycles. The highest BCUT2D eigenvalue weighted by Gasteiger charge is 2.38. The van der Waals surface area contributed by atoms with Gasteiger partial charge in [0.05, 0.1) is 11.1 Å². The number of amides is 1. The molecular weight excluding hydrogens is 423 g/mol. The van der Waals surface area contributed by atoms with E-state index in [-0.39, 0.29) is 4.90 Å². The van der Waals surface area contributed by atoms with Gasteiger partial charge in [-0.05, 0) is 24.3 Å². The fourth-order valence-corrected chi connectivity index (χ4v) is 2.51. The first-order chi connectivity index (χ1) is 13.1. The third kappa shape index (κ3) is 5.85. The Balaban J connectivity index is 2.67. The summed E-state index contributed by atoms with van der Waals surface area (Å²) in [5.74, 6) is 3.68. The van der Waals surface area contributed by atoms with Crippen LogP contribution in [-0.2, 0) is 6.18 Å². The highest BCUT2D eigenvalue weighted by Crippen LogP contribution is 2.37. The molecule has 1 aromatic carbocycles. The number of alkyl halides is 9. The molecule has 14 heteroatoms. The number of nitrogen functional groups attached to an aromatic ring is 1. The quantitative estimate of drug-likeness (QED) is 0.333. The average Bonchev–Trinajstić information content (AvgIpc) is 2.55. The molecular formula is C15H11F9N4O. The summed E-state index contributed by atoms with van der Waals surface area (Å²) >= 11 is 0. The molecule has 0 saturated carbocycles. The largest absolute Gasteiger partial charge is 0.417 e. The van der Waals surface area contributed by atoms with Gasteiger partial charge in [0.25, 0.3) is 5.91 Å². The Labute approximate surface area is 156 Å². The van der Waals surface area contributed by atoms with Crippen molar-refractivity contribution in [2.75, 3.05) is 18.0 Å². The topological polar surface area (TPSA) is 71.2 Å². The summed E-state index contributed by atoms with van der Waals surface area (Å²) < 4.78 is 116. The van der Waals surface area contributed by atoms with Crippen LogP contribution in [0.5, 0.6) is 0 Å². The minimum absolute atomic E-state index is 0.153. The molecule has 0 aliphatic heterocycles. The van der Waals surface area contributed by atoms with Gasteiger partial charge in [-0.1, -0.05) is 0 Å². The Morgan fingerprint density at radius 1 is 0.966 bits per heavy atom. The molecule has 160 valence electrons. The Bertz CT molecular complexity index is 890. The van der Waals surface area contributed by atoms with Crippen LogP contribution in [-0.4, -0.2) is 36.3 Å². The number of fused-ring (bicyclic) bond motifs is 1. The smallest absolute Gasteiger partial charge is 0.353 e. The molecule has 0 bridgehead atoms. The normalized spacial score (nSPS) is 12.9. The number of carbonyl (C=O) groups excluding carboxylic acids is 1. The van der Waals surface area contributed by atoms with E-state index >= 15 is 0 Å². The molecule has 2 aromatic rings. The van der Waals surface area contributed by atoms with Crippen molar-refractivity contribution in [3.63, 3.8) is 0 Å². The number of rotatable bonds is 4. The third-order valence-electron chi connectivity index (χ3n) is 3.57. The van der Waals surface area contributed by atoms with Crippen LogP contribution in [0.2, 0.25) is 0 Å². The van der Waals surface area contributed by atoms with E-state index < -0.39 is 65.4 Å². The van der Waals surface area contributed by atoms with Crippen LogP contribution in [0.3, 0.4) is 0 Å². The number of anilines is 1. The number of hydrazine groups is 1. The zero-order chi connectivity index (χ0) is 22.2. The summed E-state index contributed by atoms with van der Waals surface area (Å²) in [6, 6.07) is 2.34. The fraction of sp³-hybridized carbons (Fsp3) is 0.333. The van der Waals surface area contributed by atoms with Gasteiger partial charge < -0.3 is 4.90 Å². The predicted molar refractivity (Wildman–Crippen MR) is 82.7 cm³/mol. The second-order valence-corrected chi connectivity index (χ2v) is 5.81. The lowest BCUT2D eigenvalue weighted by Gasteiger charge is -2.27. The number of hydrogen-bond acceptors (Lipinski definition) is 4. The van der Waals surface area contributed by atoms with Crippen LogP contribution >= 0.6 is 0 Å². The van der Waals surface area contributed by atoms with Crippen LogP contribution in [0, 0.1) is 0 Å². The van der Waals surface area contributed by atoms with Gasteiger partial charge in [0, 0.05) is 11.1 Å². The lowest BCUT2D eigenvalue weighted by molar-refractivity contribution is -0.138. The van der Waals surface area contributed by atoms with Crippen molar-refractivity contribution in [2.24, 2.45) is 5.84 Å². The van der Waals surface area contributed by atoms with Gasteiger partial charge in [-0.2, -0.15) is 39.5 Å². The van der Waals surface area contributed by atoms with Gasteiger partial charge in [0.1, 0.15) is 18.8 Å². The van der Waals surface area contributed by atoms with Crippen LogP contribution in [0.15, 0.2) is 24.3 Å². The summed E-state index contributed by atoms with van der Waals surface area (Å²) in [6.45, 7) is -4.08. The standard InChI is InChI=1S/C15H11F9N4O/c16-13(17,18)5-28(6-14(19,20)21)7-1-2-10-8(3-7)9(15(22,23)24)4-11(26-10)12(29)27-25/h1-4H,5-6,25H2,(H,27,29). The number of nitrogens with one attached hydrogen (secondary N) is 1. The minimum Gasteiger partial charge on any atom is -0.353 e. The molecule has 0 aliphatic rings. The van der Waals surface area contributed by atoms with Crippen molar-refractivity contribution in [1.82, 2.24) is 10.4 Å². The molecule has 0 aliphatic carbocycles. The summed E-state index contributed by atoms with van der Waals surface area (Å²) in [6.07, 6.45) is -15.2. The van der Waals surface area contributed by atoms with Gasteiger partial charge in [-0.25, -0.2) is 10.8 Å². The van der Waals surface area contributed by atoms with Crippen molar-refractivity contribution >= 4 is 22.5 Å². The van der Waals surface area contributed by atoms with E-state index in [1.54, 1.807) is 5.43 Å². The number of nitrogens with zero attached hydrogens (tertiary/aromatic N) is 2. The van der Waals surface area contributed by atoms with Crippen molar-refractivity contribution < 1.29 is 44.3 Å². The maximum atomic E-state index is 13.4. The van der Waals surface area contributed by atoms with E-state index in [9.17, 15) is 44.3 Å². The van der Waals surface area contributed by atoms with Gasteiger partial charge >= 0.3 is 18.5 Å². The number of aromatic nitrogens is 1. The Morgan fingerprint density at radius 3 is 1.97 bits per heavy atom. The fourth-order valence-electron chi connectivity index (χ4n) is 2.51. The lowest BCUT2D eigenvalue weighted by atomic mass is 10.1. The summed E-state index contributed by atoms with van der Waals surface area (Å²) in [5.41, 5.74) is -1.85. The van der Waals surface area contributed by atoms with Crippen LogP contribution in [0.4, 0.5) is 45.2 Å². The zero-order valence-electron chi connectivity index (χ0n) is 14.0. The molecule has 2 rings (SSSR count). The summed E-state index contributed by atoms with van der Waals surface area (Å²) in [7, 11) is 0. The third-order valence-corrected chi connectivity index (χ3v) is 3.57. The number of benzene rings is 1. The number of carbonyl (C=O) groups is 1. The monoisotopic (exact) mass is 434 g/mol. The van der Waals surface area contributed by atoms with Crippen molar-refractivity contribution in [1.29, 1.82) is 0 Å². The van der Waals surface area contributed by atoms with E-state index in [1.807, 2.05) is 0 Å². The molecule has 1 amide bonds. The van der Waals surface area contributed by atoms with Gasteiger partial charge in [-0.15, -0.1) is 0 Å². The van der Waals surface area contributed by atoms with E-state index in [1.165, 1.54) is 0 Å². The highest BCUT2D eigenvalue weighted by molar-refractivity contribution is 5.96. The highest BCUT2D eigenvalue weighted by atomic mass is 19.4. The van der Waals surface area contributed by atoms with Crippen molar-refractivity contribution in [3.05, 3.63) is 35.5 Å². The zero-order valence-corrected chi connectivity index (χ0v) is 14.0. The van der Waals surface area contributed by atoms with Crippen LogP contribution < -0.4 is 16.2 Å². The molecule has 29 heavy (non-hydrogen) atoms. The Kier molecular flexibility index (Phi) is 5.88. The Hall–Kier alpha value is -2.77. The van der Waals surface area contributed by atoms with Crippen LogP contribution in [0.1, 0.15) is 16.1 Å². The van der Waals surface area contributed by atoms with Crippen molar-refractivity contribution in [2.45, 2.75) is 18.5 Å². The second-order valence-electron chi connectivity index (χ2n) is 5.81. The molecule has 1 aromatic heterocycles. The molecule has 0 unspecified atom stereocenters. The number of halogens is 9. The van der Waals surface area contributed by atoms with E-state index in [2.05, 4.69) is 4.98 Å². The predicted octanol–water partition coefficient (Wildman–Crippen LogP) is 3.79. The summed E-state index contributed by atoms with van der Waals surface area (Å²) in [4.78, 5) is 15.0. The summed E-state index contributed by atoms with van der Waals surface area (Å²) in [5, 5.41) is -0.780. The molecule has 5 nitrogen and oxygen atoms in total. The first kappa shape index (κ1) is 22.5. The molecule has 0 radical (unpaired) electrons. The van der Waals surface area contributed by atoms with Crippen molar-refractivity contribution in [3.8, 4) is 0 Å². The molecule has 3 N–H and O–H groups in total. The molecule has 0 fully saturated rings. The average molecular weight is 434 g/mol. The number of hydrogen-bond donors (Lipinski definition) is 2.